The summed E-state index contributed by atoms with van der Waals surface area (Å²) in [5.74, 6) is 0.280. The molecule has 1 N–H and O–H groups in total. The van der Waals surface area contributed by atoms with Crippen LogP contribution >= 0.6 is 0 Å². The number of hydrogen-bond acceptors (Lipinski definition) is 3. The second-order valence-corrected chi connectivity index (χ2v) is 4.31. The van der Waals surface area contributed by atoms with Crippen LogP contribution in [0.2, 0.25) is 0 Å². The summed E-state index contributed by atoms with van der Waals surface area (Å²) in [6.45, 7) is 0.641. The molecule has 0 unspecified atom stereocenters. The van der Waals surface area contributed by atoms with E-state index in [2.05, 4.69) is 10.3 Å². The summed E-state index contributed by atoms with van der Waals surface area (Å²) in [5.41, 5.74) is 1.63. The zero-order valence-electron chi connectivity index (χ0n) is 10.5. The average Bonchev–Trinajstić information content (AvgIpc) is 2.88. The third-order valence-corrected chi connectivity index (χ3v) is 3.01. The van der Waals surface area contributed by atoms with Gasteiger partial charge in [0.15, 0.2) is 0 Å². The second kappa shape index (κ2) is 4.82. The van der Waals surface area contributed by atoms with Gasteiger partial charge in [0.25, 0.3) is 0 Å². The number of benzene rings is 2. The minimum atomic E-state index is -0.235. The van der Waals surface area contributed by atoms with Gasteiger partial charge in [0.2, 0.25) is 5.89 Å². The zero-order chi connectivity index (χ0) is 13.2. The van der Waals surface area contributed by atoms with Gasteiger partial charge in [0.05, 0.1) is 5.69 Å². The smallest absolute Gasteiger partial charge is 0.226 e. The molecule has 3 rings (SSSR count). The largest absolute Gasteiger partial charge is 0.444 e. The van der Waals surface area contributed by atoms with Gasteiger partial charge in [-0.15, -0.1) is 0 Å². The topological polar surface area (TPSA) is 38.1 Å². The van der Waals surface area contributed by atoms with Crippen LogP contribution in [0, 0.1) is 5.82 Å². The van der Waals surface area contributed by atoms with Crippen molar-refractivity contribution in [1.29, 1.82) is 0 Å². The Balaban J connectivity index is 2.16. The lowest BCUT2D eigenvalue weighted by Gasteiger charge is -2.03. The molecule has 0 radical (unpaired) electrons. The number of rotatable bonds is 3. The Hall–Kier alpha value is -2.20. The first-order chi connectivity index (χ1) is 9.29. The third-order valence-electron chi connectivity index (χ3n) is 3.01. The van der Waals surface area contributed by atoms with Crippen LogP contribution in [0.15, 0.2) is 47.1 Å². The van der Waals surface area contributed by atoms with Gasteiger partial charge in [0.1, 0.15) is 12.1 Å². The summed E-state index contributed by atoms with van der Waals surface area (Å²) >= 11 is 0. The van der Waals surface area contributed by atoms with E-state index >= 15 is 0 Å². The van der Waals surface area contributed by atoms with E-state index < -0.39 is 0 Å². The van der Waals surface area contributed by atoms with Crippen LogP contribution in [0.4, 0.5) is 4.39 Å². The van der Waals surface area contributed by atoms with E-state index in [-0.39, 0.29) is 5.82 Å². The van der Waals surface area contributed by atoms with E-state index in [9.17, 15) is 4.39 Å². The van der Waals surface area contributed by atoms with Gasteiger partial charge in [-0.25, -0.2) is 9.37 Å². The summed E-state index contributed by atoms with van der Waals surface area (Å²) in [7, 11) is 1.85. The summed E-state index contributed by atoms with van der Waals surface area (Å²) < 4.78 is 19.2. The van der Waals surface area contributed by atoms with Crippen molar-refractivity contribution in [2.75, 3.05) is 7.05 Å². The number of halogens is 1. The first-order valence-corrected chi connectivity index (χ1v) is 6.06. The van der Waals surface area contributed by atoms with E-state index in [1.165, 1.54) is 6.07 Å². The normalized spacial score (nSPS) is 11.1. The van der Waals surface area contributed by atoms with Crippen molar-refractivity contribution in [2.45, 2.75) is 6.54 Å². The molecule has 3 aromatic rings. The molecular weight excluding hydrogens is 243 g/mol. The predicted molar refractivity (Wildman–Crippen MR) is 72.2 cm³/mol. The highest BCUT2D eigenvalue weighted by Gasteiger charge is 2.12. The van der Waals surface area contributed by atoms with Crippen molar-refractivity contribution in [3.8, 4) is 11.5 Å². The number of nitrogens with one attached hydrogen (secondary N) is 1. The van der Waals surface area contributed by atoms with Crippen molar-refractivity contribution < 1.29 is 8.81 Å². The van der Waals surface area contributed by atoms with E-state index in [0.29, 0.717) is 17.8 Å². The molecule has 4 heteroatoms. The Kier molecular flexibility index (Phi) is 3.01. The zero-order valence-corrected chi connectivity index (χ0v) is 10.5. The van der Waals surface area contributed by atoms with Crippen LogP contribution in [-0.2, 0) is 6.54 Å². The molecule has 0 amide bonds. The number of aromatic nitrogens is 1. The fraction of sp³-hybridized carbons (Fsp3) is 0.133. The first-order valence-electron chi connectivity index (χ1n) is 6.06. The fourth-order valence-electron chi connectivity index (χ4n) is 2.14. The van der Waals surface area contributed by atoms with Gasteiger partial charge in [-0.2, -0.15) is 0 Å². The number of nitrogens with zero attached hydrogens (tertiary/aromatic N) is 1. The number of hydrogen-bond donors (Lipinski definition) is 1. The van der Waals surface area contributed by atoms with Crippen LogP contribution < -0.4 is 5.32 Å². The summed E-state index contributed by atoms with van der Waals surface area (Å²) in [6, 6.07) is 10.5. The Morgan fingerprint density at radius 3 is 2.74 bits per heavy atom. The lowest BCUT2D eigenvalue weighted by atomic mass is 10.0. The molecule has 0 bridgehead atoms. The highest BCUT2D eigenvalue weighted by molar-refractivity contribution is 5.95. The maximum atomic E-state index is 13.7. The van der Waals surface area contributed by atoms with Gasteiger partial charge in [-0.05, 0) is 24.6 Å². The molecule has 96 valence electrons. The lowest BCUT2D eigenvalue weighted by molar-refractivity contribution is 0.572. The molecule has 0 aliphatic carbocycles. The summed E-state index contributed by atoms with van der Waals surface area (Å²) in [6.07, 6.45) is 1.62. The standard InChI is InChI=1S/C15H13FN2O/c1-17-8-10-9-19-15(18-10)13-6-7-14(16)12-5-3-2-4-11(12)13/h2-7,9,17H,8H2,1H3. The number of fused-ring (bicyclic) bond motifs is 1. The van der Waals surface area contributed by atoms with Gasteiger partial charge < -0.3 is 9.73 Å². The highest BCUT2D eigenvalue weighted by Crippen LogP contribution is 2.29. The maximum Gasteiger partial charge on any atom is 0.226 e. The lowest BCUT2D eigenvalue weighted by Crippen LogP contribution is -2.04. The quantitative estimate of drug-likeness (QED) is 0.781. The second-order valence-electron chi connectivity index (χ2n) is 4.31. The molecule has 0 saturated carbocycles. The molecule has 3 nitrogen and oxygen atoms in total. The molecule has 1 heterocycles. The molecule has 0 aliphatic heterocycles. The van der Waals surface area contributed by atoms with Crippen LogP contribution in [-0.4, -0.2) is 12.0 Å². The van der Waals surface area contributed by atoms with Crippen molar-refractivity contribution in [2.24, 2.45) is 0 Å². The maximum absolute atomic E-state index is 13.7. The van der Waals surface area contributed by atoms with E-state index in [1.54, 1.807) is 18.4 Å². The monoisotopic (exact) mass is 256 g/mol. The summed E-state index contributed by atoms with van der Waals surface area (Å²) in [4.78, 5) is 4.40. The molecule has 0 spiro atoms. The Morgan fingerprint density at radius 2 is 1.95 bits per heavy atom. The van der Waals surface area contributed by atoms with Crippen LogP contribution in [0.25, 0.3) is 22.2 Å². The van der Waals surface area contributed by atoms with Gasteiger partial charge in [0, 0.05) is 17.5 Å². The van der Waals surface area contributed by atoms with E-state index in [1.807, 2.05) is 25.2 Å². The van der Waals surface area contributed by atoms with Crippen LogP contribution in [0.5, 0.6) is 0 Å². The summed E-state index contributed by atoms with van der Waals surface area (Å²) in [5, 5.41) is 4.40. The molecular formula is C15H13FN2O. The fourth-order valence-corrected chi connectivity index (χ4v) is 2.14. The molecule has 1 aromatic heterocycles. The SMILES string of the molecule is CNCc1coc(-c2ccc(F)c3ccccc23)n1. The molecule has 2 aromatic carbocycles. The molecule has 0 fully saturated rings. The minimum Gasteiger partial charge on any atom is -0.444 e. The van der Waals surface area contributed by atoms with Crippen molar-refractivity contribution in [1.82, 2.24) is 10.3 Å². The van der Waals surface area contributed by atoms with Crippen molar-refractivity contribution >= 4 is 10.8 Å². The average molecular weight is 256 g/mol. The van der Waals surface area contributed by atoms with Crippen molar-refractivity contribution in [3.63, 3.8) is 0 Å². The molecule has 0 saturated heterocycles. The number of oxazole rings is 1. The van der Waals surface area contributed by atoms with Crippen molar-refractivity contribution in [3.05, 3.63) is 54.2 Å². The predicted octanol–water partition coefficient (Wildman–Crippen LogP) is 3.35. The van der Waals surface area contributed by atoms with Crippen LogP contribution in [0.3, 0.4) is 0 Å². The third kappa shape index (κ3) is 2.11. The van der Waals surface area contributed by atoms with E-state index in [4.69, 9.17) is 4.42 Å². The minimum absolute atomic E-state index is 0.235. The van der Waals surface area contributed by atoms with Gasteiger partial charge in [-0.3, -0.25) is 0 Å². The Bertz CT molecular complexity index is 721. The van der Waals surface area contributed by atoms with E-state index in [0.717, 1.165) is 16.6 Å². The van der Waals surface area contributed by atoms with Gasteiger partial charge >= 0.3 is 0 Å². The Labute approximate surface area is 110 Å². The Morgan fingerprint density at radius 1 is 1.16 bits per heavy atom. The first kappa shape index (κ1) is 11.9. The highest BCUT2D eigenvalue weighted by atomic mass is 19.1. The van der Waals surface area contributed by atoms with Crippen LogP contribution in [0.1, 0.15) is 5.69 Å². The molecule has 0 atom stereocenters. The molecule has 19 heavy (non-hydrogen) atoms. The van der Waals surface area contributed by atoms with Gasteiger partial charge in [-0.1, -0.05) is 24.3 Å². The molecule has 0 aliphatic rings.